The van der Waals surface area contributed by atoms with Crippen molar-refractivity contribution in [3.63, 3.8) is 0 Å². The maximum absolute atomic E-state index is 13.8. The fourth-order valence-electron chi connectivity index (χ4n) is 3.95. The largest absolute Gasteiger partial charge is 0.401 e. The number of fused-ring (bicyclic) bond motifs is 3. The number of allylic oxidation sites excluding steroid dienone is 2. The van der Waals surface area contributed by atoms with Gasteiger partial charge in [-0.2, -0.15) is 5.26 Å². The highest BCUT2D eigenvalue weighted by atomic mass is 32.2. The number of aromatic nitrogens is 2. The first-order valence-electron chi connectivity index (χ1n) is 10.5. The molecule has 0 amide bonds. The molecular formula is C24H24N4O2S2. The molecule has 0 unspecified atom stereocenters. The van der Waals surface area contributed by atoms with Crippen molar-refractivity contribution in [1.29, 1.82) is 5.26 Å². The van der Waals surface area contributed by atoms with Crippen LogP contribution in [-0.2, 0) is 17.6 Å². The maximum Gasteiger partial charge on any atom is 0.267 e. The number of nitrogens with zero attached hydrogens (tertiary/aromatic N) is 3. The lowest BCUT2D eigenvalue weighted by atomic mass is 9.97. The quantitative estimate of drug-likeness (QED) is 0.260. The Morgan fingerprint density at radius 1 is 1.28 bits per heavy atom. The Bertz CT molecular complexity index is 1370. The number of Topliss-reactive ketones (excluding diaryl/α,β-unsaturated/α-hetero) is 1. The standard InChI is InChI=1S/C24H24N4O2S2/c1-13-8-9-16(10-14(13)2)28-23(30)21-17-6-4-5-7-20(17)32-22(21)27-24(28)31-12-19(29)18(11-25)15(3)26/h8-10H,4-7,12,26H2,1-3H3/b18-15+. The highest BCUT2D eigenvalue weighted by molar-refractivity contribution is 7.99. The van der Waals surface area contributed by atoms with E-state index in [4.69, 9.17) is 10.7 Å². The molecule has 6 nitrogen and oxygen atoms in total. The van der Waals surface area contributed by atoms with Gasteiger partial charge in [0, 0.05) is 10.6 Å². The second kappa shape index (κ2) is 8.93. The third-order valence-corrected chi connectivity index (χ3v) is 7.95. The second-order valence-corrected chi connectivity index (χ2v) is 10.1. The lowest BCUT2D eigenvalue weighted by molar-refractivity contribution is -0.112. The first kappa shape index (κ1) is 22.3. The summed E-state index contributed by atoms with van der Waals surface area (Å²) in [5.74, 6) is -0.394. The lowest BCUT2D eigenvalue weighted by Crippen LogP contribution is -2.23. The van der Waals surface area contributed by atoms with E-state index in [2.05, 4.69) is 0 Å². The SMILES string of the molecule is C/C(N)=C(/C#N)C(=O)CSc1nc2sc3c(c2c(=O)n1-c1ccc(C)c(C)c1)CCCC3. The number of carbonyl (C=O) groups is 1. The highest BCUT2D eigenvalue weighted by Gasteiger charge is 2.24. The van der Waals surface area contributed by atoms with E-state index in [0.717, 1.165) is 64.7 Å². The molecule has 0 saturated heterocycles. The molecule has 1 aliphatic rings. The van der Waals surface area contributed by atoms with Gasteiger partial charge >= 0.3 is 0 Å². The predicted octanol–water partition coefficient (Wildman–Crippen LogP) is 4.36. The highest BCUT2D eigenvalue weighted by Crippen LogP contribution is 2.35. The molecule has 0 fully saturated rings. The van der Waals surface area contributed by atoms with Gasteiger partial charge in [-0.3, -0.25) is 14.2 Å². The number of ketones is 1. The number of hydrogen-bond acceptors (Lipinski definition) is 7. The van der Waals surface area contributed by atoms with E-state index in [0.29, 0.717) is 10.5 Å². The summed E-state index contributed by atoms with van der Waals surface area (Å²) < 4.78 is 1.61. The fraction of sp³-hybridized carbons (Fsp3) is 0.333. The second-order valence-electron chi connectivity index (χ2n) is 8.08. The summed E-state index contributed by atoms with van der Waals surface area (Å²) >= 11 is 2.75. The Hall–Kier alpha value is -2.89. The molecule has 4 rings (SSSR count). The normalized spacial score (nSPS) is 14.1. The Labute approximate surface area is 194 Å². The molecule has 2 aromatic heterocycles. The van der Waals surface area contributed by atoms with Crippen LogP contribution in [0.2, 0.25) is 0 Å². The summed E-state index contributed by atoms with van der Waals surface area (Å²) in [6.07, 6.45) is 4.08. The van der Waals surface area contributed by atoms with Gasteiger partial charge in [0.1, 0.15) is 16.5 Å². The average Bonchev–Trinajstić information content (AvgIpc) is 3.13. The number of nitrogens with two attached hydrogens (primary N) is 1. The van der Waals surface area contributed by atoms with Gasteiger partial charge in [-0.05, 0) is 75.3 Å². The van der Waals surface area contributed by atoms with Gasteiger partial charge in [0.2, 0.25) is 0 Å². The summed E-state index contributed by atoms with van der Waals surface area (Å²) in [5.41, 5.74) is 9.79. The first-order valence-corrected chi connectivity index (χ1v) is 12.3. The van der Waals surface area contributed by atoms with E-state index in [-0.39, 0.29) is 28.4 Å². The Morgan fingerprint density at radius 2 is 2.03 bits per heavy atom. The predicted molar refractivity (Wildman–Crippen MR) is 130 cm³/mol. The number of aryl methyl sites for hydroxylation is 4. The number of hydrogen-bond donors (Lipinski definition) is 1. The molecule has 2 N–H and O–H groups in total. The zero-order chi connectivity index (χ0) is 23.0. The molecule has 8 heteroatoms. The van der Waals surface area contributed by atoms with Gasteiger partial charge in [-0.25, -0.2) is 4.98 Å². The van der Waals surface area contributed by atoms with E-state index in [1.165, 1.54) is 11.8 Å². The summed E-state index contributed by atoms with van der Waals surface area (Å²) in [6, 6.07) is 7.74. The molecule has 0 spiro atoms. The van der Waals surface area contributed by atoms with Gasteiger partial charge in [0.05, 0.1) is 16.8 Å². The molecule has 1 aliphatic carbocycles. The number of thioether (sulfide) groups is 1. The van der Waals surface area contributed by atoms with Crippen LogP contribution in [0.4, 0.5) is 0 Å². The summed E-state index contributed by atoms with van der Waals surface area (Å²) in [4.78, 5) is 33.1. The molecule has 0 radical (unpaired) electrons. The van der Waals surface area contributed by atoms with Crippen molar-refractivity contribution in [3.05, 3.63) is 61.4 Å². The third kappa shape index (κ3) is 3.98. The van der Waals surface area contributed by atoms with Crippen LogP contribution < -0.4 is 11.3 Å². The van der Waals surface area contributed by atoms with Crippen molar-refractivity contribution in [1.82, 2.24) is 9.55 Å². The monoisotopic (exact) mass is 464 g/mol. The van der Waals surface area contributed by atoms with E-state index in [1.807, 2.05) is 38.1 Å². The van der Waals surface area contributed by atoms with Crippen LogP contribution in [0.15, 0.2) is 39.4 Å². The molecule has 0 atom stereocenters. The van der Waals surface area contributed by atoms with E-state index < -0.39 is 0 Å². The fourth-order valence-corrected chi connectivity index (χ4v) is 6.14. The van der Waals surface area contributed by atoms with Gasteiger partial charge in [-0.1, -0.05) is 17.8 Å². The zero-order valence-electron chi connectivity index (χ0n) is 18.3. The van der Waals surface area contributed by atoms with Crippen molar-refractivity contribution in [2.75, 3.05) is 5.75 Å². The van der Waals surface area contributed by atoms with Crippen LogP contribution in [-0.4, -0.2) is 21.1 Å². The van der Waals surface area contributed by atoms with Crippen LogP contribution in [0, 0.1) is 25.2 Å². The molecule has 32 heavy (non-hydrogen) atoms. The van der Waals surface area contributed by atoms with Crippen LogP contribution in [0.1, 0.15) is 41.3 Å². The van der Waals surface area contributed by atoms with Gasteiger partial charge in [0.15, 0.2) is 10.9 Å². The van der Waals surface area contributed by atoms with Crippen molar-refractivity contribution in [2.24, 2.45) is 5.73 Å². The van der Waals surface area contributed by atoms with Crippen LogP contribution in [0.3, 0.4) is 0 Å². The molecule has 0 bridgehead atoms. The van der Waals surface area contributed by atoms with Crippen LogP contribution >= 0.6 is 23.1 Å². The number of rotatable bonds is 5. The maximum atomic E-state index is 13.8. The first-order chi connectivity index (χ1) is 15.3. The topological polar surface area (TPSA) is 102 Å². The van der Waals surface area contributed by atoms with Gasteiger partial charge < -0.3 is 5.73 Å². The van der Waals surface area contributed by atoms with E-state index in [1.54, 1.807) is 15.9 Å². The lowest BCUT2D eigenvalue weighted by Gasteiger charge is -2.14. The summed E-state index contributed by atoms with van der Waals surface area (Å²) in [6.45, 7) is 5.57. The number of nitriles is 1. The molecular weight excluding hydrogens is 440 g/mol. The minimum absolute atomic E-state index is 0.0225. The summed E-state index contributed by atoms with van der Waals surface area (Å²) in [5, 5.41) is 10.4. The Kier molecular flexibility index (Phi) is 6.22. The summed E-state index contributed by atoms with van der Waals surface area (Å²) in [7, 11) is 0. The molecule has 0 saturated carbocycles. The third-order valence-electron chi connectivity index (χ3n) is 5.82. The molecule has 3 aromatic rings. The van der Waals surface area contributed by atoms with E-state index in [9.17, 15) is 14.9 Å². The van der Waals surface area contributed by atoms with Crippen molar-refractivity contribution in [2.45, 2.75) is 51.6 Å². The zero-order valence-corrected chi connectivity index (χ0v) is 20.0. The van der Waals surface area contributed by atoms with Crippen LogP contribution in [0.5, 0.6) is 0 Å². The minimum Gasteiger partial charge on any atom is -0.401 e. The average molecular weight is 465 g/mol. The van der Waals surface area contributed by atoms with Crippen molar-refractivity contribution in [3.8, 4) is 11.8 Å². The molecule has 1 aromatic carbocycles. The minimum atomic E-state index is -0.371. The number of carbonyl (C=O) groups excluding carboxylic acids is 1. The van der Waals surface area contributed by atoms with Gasteiger partial charge in [-0.15, -0.1) is 11.3 Å². The van der Waals surface area contributed by atoms with E-state index >= 15 is 0 Å². The molecule has 0 aliphatic heterocycles. The Morgan fingerprint density at radius 3 is 2.72 bits per heavy atom. The number of benzene rings is 1. The smallest absolute Gasteiger partial charge is 0.267 e. The Balaban J connectivity index is 1.88. The van der Waals surface area contributed by atoms with Crippen LogP contribution in [0.25, 0.3) is 15.9 Å². The van der Waals surface area contributed by atoms with Crippen molar-refractivity contribution >= 4 is 39.1 Å². The van der Waals surface area contributed by atoms with Gasteiger partial charge in [0.25, 0.3) is 5.56 Å². The van der Waals surface area contributed by atoms with Crippen molar-refractivity contribution < 1.29 is 4.79 Å². The molecule has 2 heterocycles. The number of thiophene rings is 1. The molecule has 164 valence electrons.